The fraction of sp³-hybridized carbons (Fsp3) is 0.261. The van der Waals surface area contributed by atoms with Crippen molar-refractivity contribution < 1.29 is 9.59 Å². The minimum atomic E-state index is -0.485. The highest BCUT2D eigenvalue weighted by Crippen LogP contribution is 2.24. The van der Waals surface area contributed by atoms with E-state index in [0.29, 0.717) is 12.2 Å². The Balaban J connectivity index is 1.38. The van der Waals surface area contributed by atoms with E-state index in [1.807, 2.05) is 30.8 Å². The molecule has 0 aliphatic carbocycles. The number of nitrogens with one attached hydrogen (secondary N) is 2. The van der Waals surface area contributed by atoms with Gasteiger partial charge in [0.2, 0.25) is 0 Å². The number of aromatic nitrogens is 9. The maximum atomic E-state index is 13.1. The lowest BCUT2D eigenvalue weighted by molar-refractivity contribution is 0.0942. The molecule has 13 heteroatoms. The number of rotatable bonds is 7. The van der Waals surface area contributed by atoms with Crippen molar-refractivity contribution in [2.45, 2.75) is 26.9 Å². The number of anilines is 1. The molecule has 0 fully saturated rings. The lowest BCUT2D eigenvalue weighted by Crippen LogP contribution is -2.26. The van der Waals surface area contributed by atoms with Gasteiger partial charge in [0.15, 0.2) is 11.3 Å². The van der Waals surface area contributed by atoms with Gasteiger partial charge in [-0.05, 0) is 19.9 Å². The summed E-state index contributed by atoms with van der Waals surface area (Å²) in [6.45, 7) is 5.04. The fourth-order valence-corrected chi connectivity index (χ4v) is 4.04. The molecule has 0 bridgehead atoms. The van der Waals surface area contributed by atoms with E-state index in [-0.39, 0.29) is 23.0 Å². The lowest BCUT2D eigenvalue weighted by Gasteiger charge is -2.08. The van der Waals surface area contributed by atoms with Gasteiger partial charge in [0.25, 0.3) is 11.8 Å². The average molecular weight is 488 g/mol. The number of carbonyl (C=O) groups excluding carboxylic acids is 2. The van der Waals surface area contributed by atoms with Crippen LogP contribution in [0.3, 0.4) is 0 Å². The zero-order valence-corrected chi connectivity index (χ0v) is 20.3. The first-order valence-corrected chi connectivity index (χ1v) is 11.3. The minimum absolute atomic E-state index is 0.154. The largest absolute Gasteiger partial charge is 0.346 e. The van der Waals surface area contributed by atoms with Crippen LogP contribution in [-0.4, -0.2) is 55.8 Å². The van der Waals surface area contributed by atoms with E-state index in [0.717, 1.165) is 29.1 Å². The Morgan fingerprint density at radius 1 is 1.06 bits per heavy atom. The summed E-state index contributed by atoms with van der Waals surface area (Å²) in [6, 6.07) is 3.43. The molecular weight excluding hydrogens is 462 g/mol. The van der Waals surface area contributed by atoms with Gasteiger partial charge in [-0.3, -0.25) is 23.6 Å². The van der Waals surface area contributed by atoms with Crippen LogP contribution in [-0.2, 0) is 27.2 Å². The second kappa shape index (κ2) is 9.09. The van der Waals surface area contributed by atoms with E-state index in [9.17, 15) is 9.59 Å². The molecule has 2 N–H and O–H groups in total. The molecule has 0 aliphatic rings. The summed E-state index contributed by atoms with van der Waals surface area (Å²) in [4.78, 5) is 30.3. The van der Waals surface area contributed by atoms with Crippen molar-refractivity contribution in [1.82, 2.24) is 49.3 Å². The van der Waals surface area contributed by atoms with Crippen molar-refractivity contribution in [2.24, 2.45) is 14.1 Å². The maximum Gasteiger partial charge on any atom is 0.276 e. The molecule has 0 atom stereocenters. The Morgan fingerprint density at radius 2 is 1.89 bits per heavy atom. The summed E-state index contributed by atoms with van der Waals surface area (Å²) < 4.78 is 6.57. The van der Waals surface area contributed by atoms with Crippen LogP contribution < -0.4 is 10.6 Å². The zero-order chi connectivity index (χ0) is 25.4. The molecule has 0 saturated heterocycles. The van der Waals surface area contributed by atoms with E-state index in [1.54, 1.807) is 47.9 Å². The minimum Gasteiger partial charge on any atom is -0.346 e. The summed E-state index contributed by atoms with van der Waals surface area (Å²) in [5.74, 6) is -0.863. The number of hydrogen-bond acceptors (Lipinski definition) is 7. The molecule has 5 heterocycles. The van der Waals surface area contributed by atoms with Crippen LogP contribution in [0.5, 0.6) is 0 Å². The highest BCUT2D eigenvalue weighted by Gasteiger charge is 2.22. The Bertz CT molecular complexity index is 1590. The van der Waals surface area contributed by atoms with Crippen molar-refractivity contribution in [2.75, 3.05) is 5.32 Å². The average Bonchev–Trinajstić information content (AvgIpc) is 3.64. The number of hydrogen-bond donors (Lipinski definition) is 2. The first-order chi connectivity index (χ1) is 17.4. The summed E-state index contributed by atoms with van der Waals surface area (Å²) in [5.41, 5.74) is 4.68. The molecule has 0 unspecified atom stereocenters. The van der Waals surface area contributed by atoms with Crippen LogP contribution in [0, 0.1) is 6.92 Å². The molecule has 0 aromatic carbocycles. The summed E-state index contributed by atoms with van der Waals surface area (Å²) in [6.07, 6.45) is 8.36. The molecule has 0 radical (unpaired) electrons. The van der Waals surface area contributed by atoms with E-state index in [1.165, 1.54) is 10.9 Å². The van der Waals surface area contributed by atoms with Gasteiger partial charge in [-0.1, -0.05) is 0 Å². The van der Waals surface area contributed by atoms with E-state index < -0.39 is 5.91 Å². The molecule has 0 aliphatic heterocycles. The summed E-state index contributed by atoms with van der Waals surface area (Å²) in [7, 11) is 3.44. The van der Waals surface area contributed by atoms with E-state index in [4.69, 9.17) is 0 Å². The first-order valence-electron chi connectivity index (χ1n) is 11.3. The van der Waals surface area contributed by atoms with Crippen LogP contribution in [0.1, 0.15) is 39.2 Å². The third-order valence-electron chi connectivity index (χ3n) is 5.88. The van der Waals surface area contributed by atoms with Gasteiger partial charge in [0.1, 0.15) is 5.69 Å². The molecule has 2 amide bonds. The van der Waals surface area contributed by atoms with E-state index in [2.05, 4.69) is 36.0 Å². The van der Waals surface area contributed by atoms with Crippen molar-refractivity contribution in [1.29, 1.82) is 0 Å². The fourth-order valence-electron chi connectivity index (χ4n) is 4.04. The van der Waals surface area contributed by atoms with Gasteiger partial charge in [0.05, 0.1) is 30.0 Å². The van der Waals surface area contributed by atoms with Crippen LogP contribution in [0.25, 0.3) is 16.9 Å². The Labute approximate surface area is 205 Å². The Kier molecular flexibility index (Phi) is 5.80. The molecule has 0 saturated carbocycles. The molecule has 184 valence electrons. The smallest absolute Gasteiger partial charge is 0.276 e. The molecule has 5 aromatic heterocycles. The van der Waals surface area contributed by atoms with E-state index >= 15 is 0 Å². The highest BCUT2D eigenvalue weighted by atomic mass is 16.2. The first kappa shape index (κ1) is 23.0. The SMILES string of the molecule is CCn1ncc(-c2ccnc3cc(C(=O)Nc4cnn(C)c4C(=O)NCc4cnn(C)c4)nn23)c1C. The van der Waals surface area contributed by atoms with Crippen molar-refractivity contribution in [3.63, 3.8) is 0 Å². The quantitative estimate of drug-likeness (QED) is 0.355. The van der Waals surface area contributed by atoms with Crippen molar-refractivity contribution >= 4 is 23.1 Å². The normalized spacial score (nSPS) is 11.2. The molecule has 13 nitrogen and oxygen atoms in total. The molecule has 0 spiro atoms. The Hall–Kier alpha value is -4.81. The van der Waals surface area contributed by atoms with Crippen LogP contribution in [0.4, 0.5) is 5.69 Å². The number of amides is 2. The second-order valence-corrected chi connectivity index (χ2v) is 8.28. The predicted octanol–water partition coefficient (Wildman–Crippen LogP) is 1.57. The van der Waals surface area contributed by atoms with Crippen LogP contribution >= 0.6 is 0 Å². The highest BCUT2D eigenvalue weighted by molar-refractivity contribution is 6.07. The standard InChI is InChI=1S/C23H25N11O2/c1-5-33-14(2)16(11-28-33)19-6-7-24-20-8-17(30-34(19)20)22(35)29-18-12-27-32(4)21(18)23(36)25-9-15-10-26-31(3)13-15/h6-8,10-13H,5,9H2,1-4H3,(H,25,36)(H,29,35). The zero-order valence-electron chi connectivity index (χ0n) is 20.3. The number of carbonyl (C=O) groups is 2. The predicted molar refractivity (Wildman–Crippen MR) is 130 cm³/mol. The maximum absolute atomic E-state index is 13.1. The van der Waals surface area contributed by atoms with Crippen LogP contribution in [0.15, 0.2) is 43.1 Å². The summed E-state index contributed by atoms with van der Waals surface area (Å²) in [5, 5.41) is 22.7. The Morgan fingerprint density at radius 3 is 2.61 bits per heavy atom. The van der Waals surface area contributed by atoms with Gasteiger partial charge >= 0.3 is 0 Å². The summed E-state index contributed by atoms with van der Waals surface area (Å²) >= 11 is 0. The molecule has 36 heavy (non-hydrogen) atoms. The molecule has 5 rings (SSSR count). The van der Waals surface area contributed by atoms with Crippen molar-refractivity contribution in [3.8, 4) is 11.3 Å². The number of fused-ring (bicyclic) bond motifs is 1. The second-order valence-electron chi connectivity index (χ2n) is 8.28. The van der Waals surface area contributed by atoms with Gasteiger partial charge in [0, 0.05) is 62.5 Å². The number of aryl methyl sites for hydroxylation is 3. The van der Waals surface area contributed by atoms with Crippen molar-refractivity contribution in [3.05, 3.63) is 65.8 Å². The van der Waals surface area contributed by atoms with Gasteiger partial charge in [-0.25, -0.2) is 9.50 Å². The van der Waals surface area contributed by atoms with Gasteiger partial charge < -0.3 is 10.6 Å². The molecular formula is C23H25N11O2. The van der Waals surface area contributed by atoms with Crippen LogP contribution in [0.2, 0.25) is 0 Å². The van der Waals surface area contributed by atoms with Gasteiger partial charge in [-0.15, -0.1) is 0 Å². The monoisotopic (exact) mass is 487 g/mol. The molecule has 5 aromatic rings. The lowest BCUT2D eigenvalue weighted by atomic mass is 10.2. The topological polar surface area (TPSA) is 142 Å². The number of nitrogens with zero attached hydrogens (tertiary/aromatic N) is 9. The third-order valence-corrected chi connectivity index (χ3v) is 5.88. The third kappa shape index (κ3) is 4.10. The van der Waals surface area contributed by atoms with Gasteiger partial charge in [-0.2, -0.15) is 20.4 Å².